The van der Waals surface area contributed by atoms with Crippen molar-refractivity contribution in [3.05, 3.63) is 83.9 Å². The third-order valence-electron chi connectivity index (χ3n) is 5.09. The van der Waals surface area contributed by atoms with Crippen LogP contribution in [0.4, 0.5) is 18.9 Å². The Kier molecular flexibility index (Phi) is 7.11. The fraction of sp³-hybridized carbons (Fsp3) is 0.160. The van der Waals surface area contributed by atoms with Crippen molar-refractivity contribution in [2.24, 2.45) is 0 Å². The van der Waals surface area contributed by atoms with E-state index in [9.17, 15) is 18.0 Å². The number of benzene rings is 3. The first kappa shape index (κ1) is 24.3. The van der Waals surface area contributed by atoms with Crippen molar-refractivity contribution in [2.45, 2.75) is 18.3 Å². The summed E-state index contributed by atoms with van der Waals surface area (Å²) in [6.07, 6.45) is -4.58. The van der Waals surface area contributed by atoms with Crippen LogP contribution in [0.5, 0.6) is 5.75 Å². The van der Waals surface area contributed by atoms with E-state index in [1.807, 2.05) is 49.4 Å². The largest absolute Gasteiger partial charge is 0.497 e. The number of methoxy groups -OCH3 is 1. The number of aryl methyl sites for hydroxylation is 1. The second kappa shape index (κ2) is 10.2. The van der Waals surface area contributed by atoms with Crippen molar-refractivity contribution in [3.63, 3.8) is 0 Å². The quantitative estimate of drug-likeness (QED) is 0.317. The van der Waals surface area contributed by atoms with Gasteiger partial charge in [0.1, 0.15) is 5.75 Å². The average Bonchev–Trinajstić information content (AvgIpc) is 3.27. The number of amides is 1. The Hall–Kier alpha value is -3.79. The number of thioether (sulfide) groups is 1. The Morgan fingerprint density at radius 2 is 1.77 bits per heavy atom. The second-order valence-corrected chi connectivity index (χ2v) is 8.53. The molecule has 0 atom stereocenters. The zero-order valence-corrected chi connectivity index (χ0v) is 19.7. The summed E-state index contributed by atoms with van der Waals surface area (Å²) in [5, 5.41) is 11.3. The van der Waals surface area contributed by atoms with E-state index in [0.717, 1.165) is 34.6 Å². The van der Waals surface area contributed by atoms with Crippen LogP contribution in [0, 0.1) is 6.92 Å². The molecule has 0 radical (unpaired) electrons. The Morgan fingerprint density at radius 3 is 2.49 bits per heavy atom. The number of hydrogen-bond acceptors (Lipinski definition) is 5. The van der Waals surface area contributed by atoms with Crippen molar-refractivity contribution in [1.29, 1.82) is 0 Å². The molecule has 0 saturated carbocycles. The Bertz CT molecular complexity index is 1340. The number of aromatic nitrogens is 3. The van der Waals surface area contributed by atoms with E-state index >= 15 is 0 Å². The lowest BCUT2D eigenvalue weighted by Gasteiger charge is -2.14. The monoisotopic (exact) mass is 498 g/mol. The van der Waals surface area contributed by atoms with Gasteiger partial charge in [-0.15, -0.1) is 10.2 Å². The van der Waals surface area contributed by atoms with Crippen molar-refractivity contribution in [1.82, 2.24) is 14.8 Å². The molecular formula is C25H21F3N4O2S. The number of hydrogen-bond donors (Lipinski definition) is 1. The molecule has 0 fully saturated rings. The molecule has 0 bridgehead atoms. The molecule has 3 aromatic carbocycles. The lowest BCUT2D eigenvalue weighted by atomic mass is 10.1. The van der Waals surface area contributed by atoms with Gasteiger partial charge in [0.25, 0.3) is 0 Å². The highest BCUT2D eigenvalue weighted by atomic mass is 32.2. The topological polar surface area (TPSA) is 69.0 Å². The molecule has 0 unspecified atom stereocenters. The molecule has 0 aliphatic rings. The number of nitrogens with zero attached hydrogens (tertiary/aromatic N) is 3. The smallest absolute Gasteiger partial charge is 0.418 e. The number of ether oxygens (including phenoxy) is 1. The summed E-state index contributed by atoms with van der Waals surface area (Å²) in [7, 11) is 1.56. The normalized spacial score (nSPS) is 11.3. The Morgan fingerprint density at radius 1 is 1.03 bits per heavy atom. The van der Waals surface area contributed by atoms with Crippen LogP contribution >= 0.6 is 11.8 Å². The number of nitrogens with one attached hydrogen (secondary N) is 1. The molecular weight excluding hydrogens is 477 g/mol. The van der Waals surface area contributed by atoms with Gasteiger partial charge in [0.05, 0.1) is 29.8 Å². The third kappa shape index (κ3) is 5.65. The maximum atomic E-state index is 13.3. The van der Waals surface area contributed by atoms with Crippen LogP contribution in [-0.4, -0.2) is 33.5 Å². The first-order valence-electron chi connectivity index (χ1n) is 10.5. The molecule has 6 nitrogen and oxygen atoms in total. The number of para-hydroxylation sites is 1. The molecule has 0 saturated heterocycles. The van der Waals surface area contributed by atoms with E-state index < -0.39 is 17.6 Å². The minimum Gasteiger partial charge on any atom is -0.497 e. The average molecular weight is 499 g/mol. The molecule has 4 rings (SSSR count). The van der Waals surface area contributed by atoms with Gasteiger partial charge < -0.3 is 10.1 Å². The maximum Gasteiger partial charge on any atom is 0.418 e. The number of carbonyl (C=O) groups is 1. The lowest BCUT2D eigenvalue weighted by Crippen LogP contribution is -2.18. The van der Waals surface area contributed by atoms with Gasteiger partial charge in [-0.2, -0.15) is 13.2 Å². The summed E-state index contributed by atoms with van der Waals surface area (Å²) in [6, 6.07) is 19.9. The number of carbonyl (C=O) groups excluding carboxylic acids is 1. The minimum atomic E-state index is -4.58. The van der Waals surface area contributed by atoms with Gasteiger partial charge in [-0.05, 0) is 31.2 Å². The third-order valence-corrected chi connectivity index (χ3v) is 6.02. The van der Waals surface area contributed by atoms with Crippen LogP contribution in [0.2, 0.25) is 0 Å². The summed E-state index contributed by atoms with van der Waals surface area (Å²) in [5.41, 5.74) is 1.43. The Labute approximate surface area is 204 Å². The highest BCUT2D eigenvalue weighted by Gasteiger charge is 2.33. The molecule has 1 N–H and O–H groups in total. The summed E-state index contributed by atoms with van der Waals surface area (Å²) >= 11 is 1.07. The summed E-state index contributed by atoms with van der Waals surface area (Å²) in [6.45, 7) is 1.98. The number of halogens is 3. The van der Waals surface area contributed by atoms with Crippen molar-refractivity contribution in [2.75, 3.05) is 18.2 Å². The van der Waals surface area contributed by atoms with E-state index in [1.54, 1.807) is 17.7 Å². The van der Waals surface area contributed by atoms with Gasteiger partial charge in [-0.1, -0.05) is 59.8 Å². The molecule has 1 aromatic heterocycles. The zero-order chi connectivity index (χ0) is 25.0. The van der Waals surface area contributed by atoms with Crippen LogP contribution < -0.4 is 10.1 Å². The maximum absolute atomic E-state index is 13.3. The molecule has 4 aromatic rings. The SMILES string of the molecule is COc1cccc(-n2c(SCC(=O)Nc3ccccc3C(F)(F)F)nnc2-c2ccc(C)cc2)c1. The molecule has 180 valence electrons. The molecule has 10 heteroatoms. The molecule has 1 amide bonds. The van der Waals surface area contributed by atoms with E-state index in [-0.39, 0.29) is 11.4 Å². The number of anilines is 1. The van der Waals surface area contributed by atoms with Gasteiger partial charge in [0.2, 0.25) is 5.91 Å². The minimum absolute atomic E-state index is 0.164. The van der Waals surface area contributed by atoms with Crippen molar-refractivity contribution in [3.8, 4) is 22.8 Å². The molecule has 0 aliphatic carbocycles. The molecule has 0 spiro atoms. The first-order chi connectivity index (χ1) is 16.8. The molecule has 0 aliphatic heterocycles. The Balaban J connectivity index is 1.62. The summed E-state index contributed by atoms with van der Waals surface area (Å²) in [5.74, 6) is 0.429. The van der Waals surface area contributed by atoms with Gasteiger partial charge in [-0.3, -0.25) is 9.36 Å². The van der Waals surface area contributed by atoms with Gasteiger partial charge in [0, 0.05) is 11.6 Å². The van der Waals surface area contributed by atoms with Crippen molar-refractivity contribution < 1.29 is 22.7 Å². The van der Waals surface area contributed by atoms with Crippen LogP contribution in [0.1, 0.15) is 11.1 Å². The van der Waals surface area contributed by atoms with Gasteiger partial charge >= 0.3 is 6.18 Å². The molecule has 1 heterocycles. The fourth-order valence-corrected chi connectivity index (χ4v) is 4.14. The van der Waals surface area contributed by atoms with Crippen LogP contribution in [0.3, 0.4) is 0 Å². The highest BCUT2D eigenvalue weighted by molar-refractivity contribution is 7.99. The standard InChI is InChI=1S/C25H21F3N4O2S/c1-16-10-12-17(13-11-16)23-30-31-24(32(23)18-6-5-7-19(14-18)34-2)35-15-22(33)29-21-9-4-3-8-20(21)25(26,27)28/h3-14H,15H2,1-2H3,(H,29,33). The highest BCUT2D eigenvalue weighted by Crippen LogP contribution is 2.35. The first-order valence-corrected chi connectivity index (χ1v) is 11.5. The predicted octanol–water partition coefficient (Wildman–Crippen LogP) is 6.00. The summed E-state index contributed by atoms with van der Waals surface area (Å²) < 4.78 is 46.9. The van der Waals surface area contributed by atoms with Crippen LogP contribution in [0.15, 0.2) is 78.0 Å². The van der Waals surface area contributed by atoms with E-state index in [4.69, 9.17) is 4.74 Å². The van der Waals surface area contributed by atoms with Gasteiger partial charge in [-0.25, -0.2) is 0 Å². The molecule has 35 heavy (non-hydrogen) atoms. The second-order valence-electron chi connectivity index (χ2n) is 7.59. The van der Waals surface area contributed by atoms with E-state index in [0.29, 0.717) is 16.7 Å². The number of rotatable bonds is 7. The van der Waals surface area contributed by atoms with E-state index in [2.05, 4.69) is 15.5 Å². The van der Waals surface area contributed by atoms with Crippen molar-refractivity contribution >= 4 is 23.4 Å². The predicted molar refractivity (Wildman–Crippen MR) is 129 cm³/mol. The zero-order valence-electron chi connectivity index (χ0n) is 18.8. The summed E-state index contributed by atoms with van der Waals surface area (Å²) in [4.78, 5) is 12.6. The lowest BCUT2D eigenvalue weighted by molar-refractivity contribution is -0.137. The number of alkyl halides is 3. The van der Waals surface area contributed by atoms with Gasteiger partial charge in [0.15, 0.2) is 11.0 Å². The van der Waals surface area contributed by atoms with Crippen LogP contribution in [0.25, 0.3) is 17.1 Å². The fourth-order valence-electron chi connectivity index (χ4n) is 3.39. The van der Waals surface area contributed by atoms with E-state index in [1.165, 1.54) is 18.2 Å². The van der Waals surface area contributed by atoms with Crippen LogP contribution in [-0.2, 0) is 11.0 Å².